The predicted octanol–water partition coefficient (Wildman–Crippen LogP) is 2.55. The van der Waals surface area contributed by atoms with E-state index in [1.54, 1.807) is 34.0 Å². The van der Waals surface area contributed by atoms with Crippen LogP contribution in [-0.4, -0.2) is 37.3 Å². The van der Waals surface area contributed by atoms with Crippen LogP contribution in [0.1, 0.15) is 17.8 Å². The Kier molecular flexibility index (Phi) is 4.88. The van der Waals surface area contributed by atoms with Crippen molar-refractivity contribution in [2.75, 3.05) is 25.0 Å². The van der Waals surface area contributed by atoms with Crippen LogP contribution in [0, 0.1) is 0 Å². The number of rotatable bonds is 6. The third kappa shape index (κ3) is 3.58. The number of anilines is 1. The number of thiazole rings is 1. The summed E-state index contributed by atoms with van der Waals surface area (Å²) in [6.45, 7) is 1.96. The van der Waals surface area contributed by atoms with E-state index in [-0.39, 0.29) is 0 Å². The van der Waals surface area contributed by atoms with Gasteiger partial charge in [0.1, 0.15) is 11.1 Å². The Labute approximate surface area is 157 Å². The number of hydrogen-bond acceptors (Lipinski definition) is 5. The van der Waals surface area contributed by atoms with Crippen LogP contribution in [0.15, 0.2) is 47.5 Å². The molecule has 2 aromatic heterocycles. The molecule has 3 aromatic rings. The molecule has 0 atom stereocenters. The van der Waals surface area contributed by atoms with Gasteiger partial charge in [0.2, 0.25) is 10.0 Å². The minimum absolute atomic E-state index is 0.316. The smallest absolute Gasteiger partial charge is 0.272 e. The fourth-order valence-corrected chi connectivity index (χ4v) is 5.54. The molecule has 1 aliphatic rings. The molecule has 0 unspecified atom stereocenters. The highest BCUT2D eigenvalue weighted by Gasteiger charge is 2.27. The number of nitrogens with one attached hydrogen (secondary N) is 2. The maximum atomic E-state index is 12.5. The molecule has 2 N–H and O–H groups in total. The number of nitrogens with zero attached hydrogens (tertiary/aromatic N) is 2. The third-order valence-corrected chi connectivity index (χ3v) is 7.47. The molecule has 0 radical (unpaired) electrons. The third-order valence-electron chi connectivity index (χ3n) is 4.48. The van der Waals surface area contributed by atoms with E-state index in [1.807, 2.05) is 18.2 Å². The second kappa shape index (κ2) is 7.30. The minimum Gasteiger partial charge on any atom is -0.274 e. The van der Waals surface area contributed by atoms with Gasteiger partial charge in [0.05, 0.1) is 21.8 Å². The minimum atomic E-state index is -3.37. The topological polar surface area (TPSA) is 76.4 Å². The van der Waals surface area contributed by atoms with E-state index < -0.39 is 10.0 Å². The van der Waals surface area contributed by atoms with E-state index in [4.69, 9.17) is 0 Å². The fraction of sp³-hybridized carbons (Fsp3) is 0.333. The van der Waals surface area contributed by atoms with Crippen LogP contribution in [-0.2, 0) is 16.4 Å². The number of fused-ring (bicyclic) bond motifs is 1. The molecule has 1 saturated heterocycles. The number of sulfonamides is 1. The van der Waals surface area contributed by atoms with Crippen molar-refractivity contribution in [2.45, 2.75) is 24.2 Å². The normalized spacial score (nSPS) is 15.5. The largest absolute Gasteiger partial charge is 0.274 e. The molecular formula is C18H21N4O2S2+. The van der Waals surface area contributed by atoms with Crippen molar-refractivity contribution in [2.24, 2.45) is 0 Å². The van der Waals surface area contributed by atoms with Gasteiger partial charge in [-0.3, -0.25) is 5.32 Å². The predicted molar refractivity (Wildman–Crippen MR) is 103 cm³/mol. The van der Waals surface area contributed by atoms with Gasteiger partial charge in [0.15, 0.2) is 0 Å². The first kappa shape index (κ1) is 17.4. The molecule has 1 aromatic carbocycles. The highest BCUT2D eigenvalue weighted by atomic mass is 32.2. The summed E-state index contributed by atoms with van der Waals surface area (Å²) < 4.78 is 27.8. The molecule has 8 heteroatoms. The first-order valence-corrected chi connectivity index (χ1v) is 11.0. The molecule has 1 fully saturated rings. The highest BCUT2D eigenvalue weighted by molar-refractivity contribution is 7.89. The molecule has 4 rings (SSSR count). The van der Waals surface area contributed by atoms with Crippen molar-refractivity contribution in [3.63, 3.8) is 0 Å². The SMILES string of the molecule is O=S(=O)(c1ccc(NCCc2nc3ccccc3s2)[nH+]c1)N1CCCC1. The van der Waals surface area contributed by atoms with Crippen molar-refractivity contribution >= 4 is 37.4 Å². The summed E-state index contributed by atoms with van der Waals surface area (Å²) >= 11 is 1.71. The van der Waals surface area contributed by atoms with E-state index in [9.17, 15) is 8.42 Å². The Morgan fingerprint density at radius 1 is 1.15 bits per heavy atom. The Balaban J connectivity index is 1.37. The number of aromatic amines is 1. The van der Waals surface area contributed by atoms with Crippen molar-refractivity contribution in [1.29, 1.82) is 0 Å². The standard InChI is InChI=1S/C18H20N4O2S2/c23-26(24,22-11-3-4-12-22)14-7-8-17(20-13-14)19-10-9-18-21-15-5-1-2-6-16(15)25-18/h1-2,5-8,13H,3-4,9-12H2,(H,19,20)/p+1. The average molecular weight is 390 g/mol. The Morgan fingerprint density at radius 3 is 2.69 bits per heavy atom. The zero-order chi connectivity index (χ0) is 18.0. The molecule has 0 aliphatic carbocycles. The number of aromatic nitrogens is 2. The molecule has 0 saturated carbocycles. The summed E-state index contributed by atoms with van der Waals surface area (Å²) in [6.07, 6.45) is 4.26. The maximum Gasteiger partial charge on any atom is 0.272 e. The Morgan fingerprint density at radius 2 is 1.96 bits per heavy atom. The van der Waals surface area contributed by atoms with E-state index in [1.165, 1.54) is 4.70 Å². The number of benzene rings is 1. The lowest BCUT2D eigenvalue weighted by Crippen LogP contribution is -2.29. The van der Waals surface area contributed by atoms with Crippen LogP contribution in [0.25, 0.3) is 10.2 Å². The van der Waals surface area contributed by atoms with Gasteiger partial charge in [0.25, 0.3) is 5.82 Å². The van der Waals surface area contributed by atoms with E-state index in [0.717, 1.165) is 42.1 Å². The molecule has 0 amide bonds. The molecule has 136 valence electrons. The van der Waals surface area contributed by atoms with Gasteiger partial charge < -0.3 is 0 Å². The van der Waals surface area contributed by atoms with E-state index in [2.05, 4.69) is 21.4 Å². The van der Waals surface area contributed by atoms with E-state index >= 15 is 0 Å². The lowest BCUT2D eigenvalue weighted by Gasteiger charge is -2.14. The van der Waals surface area contributed by atoms with Crippen molar-refractivity contribution < 1.29 is 13.4 Å². The monoisotopic (exact) mass is 389 g/mol. The van der Waals surface area contributed by atoms with Crippen molar-refractivity contribution in [3.05, 3.63) is 47.6 Å². The first-order valence-electron chi connectivity index (χ1n) is 8.73. The fourth-order valence-electron chi connectivity index (χ4n) is 3.09. The average Bonchev–Trinajstić information content (AvgIpc) is 3.32. The van der Waals surface area contributed by atoms with Gasteiger partial charge >= 0.3 is 0 Å². The van der Waals surface area contributed by atoms with Gasteiger partial charge in [-0.05, 0) is 31.0 Å². The zero-order valence-electron chi connectivity index (χ0n) is 14.3. The Bertz CT molecular complexity index is 960. The van der Waals surface area contributed by atoms with Crippen LogP contribution in [0.3, 0.4) is 0 Å². The number of H-pyrrole nitrogens is 1. The zero-order valence-corrected chi connectivity index (χ0v) is 15.9. The molecule has 3 heterocycles. The summed E-state index contributed by atoms with van der Waals surface area (Å²) in [5, 5.41) is 4.38. The number of para-hydroxylation sites is 1. The van der Waals surface area contributed by atoms with Crippen LogP contribution in [0.4, 0.5) is 5.82 Å². The second-order valence-corrected chi connectivity index (χ2v) is 9.35. The molecule has 6 nitrogen and oxygen atoms in total. The van der Waals surface area contributed by atoms with Crippen molar-refractivity contribution in [3.8, 4) is 0 Å². The van der Waals surface area contributed by atoms with Crippen LogP contribution in [0.5, 0.6) is 0 Å². The summed E-state index contributed by atoms with van der Waals surface area (Å²) in [6, 6.07) is 11.6. The van der Waals surface area contributed by atoms with Crippen molar-refractivity contribution in [1.82, 2.24) is 9.29 Å². The van der Waals surface area contributed by atoms with Crippen LogP contribution >= 0.6 is 11.3 Å². The second-order valence-electron chi connectivity index (χ2n) is 6.30. The van der Waals surface area contributed by atoms with E-state index in [0.29, 0.717) is 18.0 Å². The molecular weight excluding hydrogens is 368 g/mol. The van der Waals surface area contributed by atoms with Gasteiger partial charge in [-0.2, -0.15) is 4.31 Å². The van der Waals surface area contributed by atoms with Gasteiger partial charge in [-0.15, -0.1) is 11.3 Å². The summed E-state index contributed by atoms with van der Waals surface area (Å²) in [7, 11) is -3.37. The molecule has 26 heavy (non-hydrogen) atoms. The summed E-state index contributed by atoms with van der Waals surface area (Å²) in [5.41, 5.74) is 1.04. The lowest BCUT2D eigenvalue weighted by atomic mass is 10.3. The van der Waals surface area contributed by atoms with Gasteiger partial charge in [-0.1, -0.05) is 12.1 Å². The van der Waals surface area contributed by atoms with Crippen LogP contribution < -0.4 is 10.3 Å². The Hall–Kier alpha value is -2.03. The van der Waals surface area contributed by atoms with Crippen LogP contribution in [0.2, 0.25) is 0 Å². The number of hydrogen-bond donors (Lipinski definition) is 1. The van der Waals surface area contributed by atoms with Gasteiger partial charge in [0, 0.05) is 25.6 Å². The first-order chi connectivity index (χ1) is 12.6. The summed E-state index contributed by atoms with van der Waals surface area (Å²) in [4.78, 5) is 7.98. The number of pyridine rings is 1. The molecule has 1 aliphatic heterocycles. The van der Waals surface area contributed by atoms with Gasteiger partial charge in [-0.25, -0.2) is 18.4 Å². The molecule has 0 bridgehead atoms. The summed E-state index contributed by atoms with van der Waals surface area (Å²) in [5.74, 6) is 0.798. The lowest BCUT2D eigenvalue weighted by molar-refractivity contribution is -0.364. The highest BCUT2D eigenvalue weighted by Crippen LogP contribution is 2.22. The maximum absolute atomic E-state index is 12.5. The molecule has 0 spiro atoms. The quantitative estimate of drug-likeness (QED) is 0.703.